The van der Waals surface area contributed by atoms with Gasteiger partial charge < -0.3 is 14.5 Å². The summed E-state index contributed by atoms with van der Waals surface area (Å²) in [5.41, 5.74) is 6.85. The molecule has 0 spiro atoms. The van der Waals surface area contributed by atoms with Crippen molar-refractivity contribution in [3.8, 4) is 0 Å². The molecule has 0 amide bonds. The number of nitrogens with zero attached hydrogens (tertiary/aromatic N) is 4. The van der Waals surface area contributed by atoms with Gasteiger partial charge in [0.25, 0.3) is 0 Å². The molecule has 5 nitrogen and oxygen atoms in total. The molecule has 1 saturated heterocycles. The van der Waals surface area contributed by atoms with Gasteiger partial charge in [0.05, 0.1) is 23.4 Å². The van der Waals surface area contributed by atoms with Gasteiger partial charge in [0.2, 0.25) is 0 Å². The van der Waals surface area contributed by atoms with Crippen molar-refractivity contribution in [3.63, 3.8) is 0 Å². The summed E-state index contributed by atoms with van der Waals surface area (Å²) < 4.78 is 6.90. The van der Waals surface area contributed by atoms with Crippen LogP contribution in [0.1, 0.15) is 22.4 Å². The van der Waals surface area contributed by atoms with Crippen molar-refractivity contribution in [2.45, 2.75) is 25.1 Å². The SMILES string of the molecule is CN1CCc2c(c(N3CCOCC3)nc3sc4cc5c(nc4c23)CCSC5)C1. The average Bonchev–Trinajstić information content (AvgIpc) is 3.09. The summed E-state index contributed by atoms with van der Waals surface area (Å²) in [4.78, 5) is 16.4. The maximum atomic E-state index is 5.59. The number of ether oxygens (including phenoxy) is 1. The second-order valence-corrected chi connectivity index (χ2v) is 10.1. The fraction of sp³-hybridized carbons (Fsp3) is 0.524. The Balaban J connectivity index is 1.61. The second kappa shape index (κ2) is 6.83. The van der Waals surface area contributed by atoms with Gasteiger partial charge in [-0.1, -0.05) is 0 Å². The second-order valence-electron chi connectivity index (χ2n) is 8.01. The van der Waals surface area contributed by atoms with E-state index in [0.717, 1.165) is 58.0 Å². The predicted molar refractivity (Wildman–Crippen MR) is 118 cm³/mol. The van der Waals surface area contributed by atoms with Crippen LogP contribution in [0.25, 0.3) is 20.4 Å². The van der Waals surface area contributed by atoms with Crippen molar-refractivity contribution < 1.29 is 4.74 Å². The van der Waals surface area contributed by atoms with Crippen LogP contribution in [0.5, 0.6) is 0 Å². The minimum absolute atomic E-state index is 0.794. The van der Waals surface area contributed by atoms with Gasteiger partial charge in [0, 0.05) is 48.6 Å². The highest BCUT2D eigenvalue weighted by Gasteiger charge is 2.27. The molecule has 1 fully saturated rings. The number of aromatic nitrogens is 2. The fourth-order valence-electron chi connectivity index (χ4n) is 4.71. The molecule has 0 unspecified atom stereocenters. The molecule has 0 saturated carbocycles. The highest BCUT2D eigenvalue weighted by Crippen LogP contribution is 2.41. The minimum atomic E-state index is 0.794. The lowest BCUT2D eigenvalue weighted by Gasteiger charge is -2.33. The van der Waals surface area contributed by atoms with E-state index in [1.54, 1.807) is 0 Å². The van der Waals surface area contributed by atoms with Crippen LogP contribution in [0.3, 0.4) is 0 Å². The van der Waals surface area contributed by atoms with E-state index in [9.17, 15) is 0 Å². The molecule has 28 heavy (non-hydrogen) atoms. The van der Waals surface area contributed by atoms with Crippen LogP contribution in [0.15, 0.2) is 6.07 Å². The lowest BCUT2D eigenvalue weighted by atomic mass is 9.96. The van der Waals surface area contributed by atoms with Crippen LogP contribution >= 0.6 is 23.1 Å². The number of hydrogen-bond acceptors (Lipinski definition) is 7. The van der Waals surface area contributed by atoms with Crippen molar-refractivity contribution in [1.29, 1.82) is 0 Å². The Morgan fingerprint density at radius 2 is 1.96 bits per heavy atom. The molecule has 0 aliphatic carbocycles. The van der Waals surface area contributed by atoms with Crippen LogP contribution in [0.2, 0.25) is 0 Å². The third-order valence-corrected chi connectivity index (χ3v) is 8.21. The maximum Gasteiger partial charge on any atom is 0.135 e. The van der Waals surface area contributed by atoms with E-state index >= 15 is 0 Å². The molecule has 6 heterocycles. The number of thiophene rings is 1. The third kappa shape index (κ3) is 2.75. The molecular weight excluding hydrogens is 388 g/mol. The molecule has 0 bridgehead atoms. The standard InChI is InChI=1S/C21H24N4OS2/c1-24-4-2-14-15(11-24)20(25-5-7-26-8-6-25)23-21-18(14)19-17(28-21)10-13-12-27-9-3-16(13)22-19/h10H,2-9,11-12H2,1H3. The van der Waals surface area contributed by atoms with Gasteiger partial charge >= 0.3 is 0 Å². The van der Waals surface area contributed by atoms with Gasteiger partial charge in [-0.25, -0.2) is 4.98 Å². The molecule has 3 aliphatic heterocycles. The zero-order valence-electron chi connectivity index (χ0n) is 16.2. The zero-order valence-corrected chi connectivity index (χ0v) is 17.8. The molecule has 3 aromatic heterocycles. The summed E-state index contributed by atoms with van der Waals surface area (Å²) in [5, 5.41) is 1.33. The first-order valence-electron chi connectivity index (χ1n) is 10.1. The van der Waals surface area contributed by atoms with E-state index in [-0.39, 0.29) is 0 Å². The molecule has 146 valence electrons. The Morgan fingerprint density at radius 1 is 1.07 bits per heavy atom. The molecule has 7 heteroatoms. The van der Waals surface area contributed by atoms with Crippen LogP contribution < -0.4 is 4.90 Å². The molecule has 0 radical (unpaired) electrons. The van der Waals surface area contributed by atoms with Crippen molar-refractivity contribution in [3.05, 3.63) is 28.5 Å². The summed E-state index contributed by atoms with van der Waals surface area (Å²) in [7, 11) is 2.22. The van der Waals surface area contributed by atoms with E-state index in [1.807, 2.05) is 23.1 Å². The predicted octanol–water partition coefficient (Wildman–Crippen LogP) is 3.46. The van der Waals surface area contributed by atoms with Crippen molar-refractivity contribution in [1.82, 2.24) is 14.9 Å². The number of pyridine rings is 2. The van der Waals surface area contributed by atoms with Gasteiger partial charge in [-0.15, -0.1) is 11.3 Å². The highest BCUT2D eigenvalue weighted by molar-refractivity contribution is 7.98. The molecular formula is C21H24N4OS2. The van der Waals surface area contributed by atoms with Crippen LogP contribution in [0, 0.1) is 0 Å². The van der Waals surface area contributed by atoms with E-state index in [0.29, 0.717) is 0 Å². The largest absolute Gasteiger partial charge is 0.378 e. The topological polar surface area (TPSA) is 41.5 Å². The normalized spacial score (nSPS) is 20.5. The summed E-state index contributed by atoms with van der Waals surface area (Å²) >= 11 is 3.85. The third-order valence-electron chi connectivity index (χ3n) is 6.18. The Kier molecular flexibility index (Phi) is 4.26. The Labute approximate surface area is 173 Å². The van der Waals surface area contributed by atoms with Crippen LogP contribution in [0.4, 0.5) is 5.82 Å². The summed E-state index contributed by atoms with van der Waals surface area (Å²) in [6, 6.07) is 2.39. The van der Waals surface area contributed by atoms with E-state index in [1.165, 1.54) is 54.4 Å². The summed E-state index contributed by atoms with van der Waals surface area (Å²) in [5.74, 6) is 3.47. The Hall–Kier alpha value is -1.41. The van der Waals surface area contributed by atoms with Crippen molar-refractivity contribution in [2.24, 2.45) is 0 Å². The van der Waals surface area contributed by atoms with Crippen molar-refractivity contribution >= 4 is 49.3 Å². The fourth-order valence-corrected chi connectivity index (χ4v) is 6.77. The Bertz CT molecular complexity index is 1070. The molecule has 0 aromatic carbocycles. The van der Waals surface area contributed by atoms with E-state index in [2.05, 4.69) is 22.9 Å². The van der Waals surface area contributed by atoms with Crippen LogP contribution in [-0.2, 0) is 29.9 Å². The van der Waals surface area contributed by atoms with Gasteiger partial charge in [-0.2, -0.15) is 11.8 Å². The first kappa shape index (κ1) is 17.4. The molecule has 0 N–H and O–H groups in total. The zero-order chi connectivity index (χ0) is 18.7. The number of likely N-dealkylation sites (N-methyl/N-ethyl adjacent to an activating group) is 1. The quantitative estimate of drug-likeness (QED) is 0.610. The summed E-state index contributed by atoms with van der Waals surface area (Å²) in [6.07, 6.45) is 2.18. The van der Waals surface area contributed by atoms with Gasteiger partial charge in [-0.3, -0.25) is 4.98 Å². The molecule has 3 aromatic rings. The lowest BCUT2D eigenvalue weighted by Crippen LogP contribution is -2.39. The molecule has 6 rings (SSSR count). The average molecular weight is 413 g/mol. The number of fused-ring (bicyclic) bond motifs is 6. The number of morpholine rings is 1. The highest BCUT2D eigenvalue weighted by atomic mass is 32.2. The number of aryl methyl sites for hydroxylation is 1. The first-order valence-corrected chi connectivity index (χ1v) is 12.1. The maximum absolute atomic E-state index is 5.59. The van der Waals surface area contributed by atoms with Gasteiger partial charge in [-0.05, 0) is 42.8 Å². The molecule has 0 atom stereocenters. The first-order chi connectivity index (χ1) is 13.8. The minimum Gasteiger partial charge on any atom is -0.378 e. The monoisotopic (exact) mass is 412 g/mol. The number of thioether (sulfide) groups is 1. The van der Waals surface area contributed by atoms with Gasteiger partial charge in [0.15, 0.2) is 0 Å². The van der Waals surface area contributed by atoms with Crippen LogP contribution in [-0.4, -0.2) is 60.5 Å². The van der Waals surface area contributed by atoms with Crippen molar-refractivity contribution in [2.75, 3.05) is 50.5 Å². The lowest BCUT2D eigenvalue weighted by molar-refractivity contribution is 0.122. The number of anilines is 1. The smallest absolute Gasteiger partial charge is 0.135 e. The van der Waals surface area contributed by atoms with E-state index < -0.39 is 0 Å². The van der Waals surface area contributed by atoms with Gasteiger partial charge in [0.1, 0.15) is 10.6 Å². The number of hydrogen-bond donors (Lipinski definition) is 0. The number of rotatable bonds is 1. The van der Waals surface area contributed by atoms with E-state index in [4.69, 9.17) is 14.7 Å². The summed E-state index contributed by atoms with van der Waals surface area (Å²) in [6.45, 7) is 5.54. The Morgan fingerprint density at radius 3 is 2.86 bits per heavy atom. The molecule has 3 aliphatic rings.